The maximum absolute atomic E-state index is 13.5. The van der Waals surface area contributed by atoms with Crippen molar-refractivity contribution < 1.29 is 19.1 Å². The first-order valence-electron chi connectivity index (χ1n) is 20.2. The fraction of sp³-hybridized carbons (Fsp3) is 0.255. The average molecular weight is 871 g/mol. The Kier molecular flexibility index (Phi) is 12.4. The zero-order chi connectivity index (χ0) is 43.5. The lowest BCUT2D eigenvalue weighted by atomic mass is 9.90. The summed E-state index contributed by atoms with van der Waals surface area (Å²) in [5.41, 5.74) is 10.5. The third-order valence-electron chi connectivity index (χ3n) is 11.0. The summed E-state index contributed by atoms with van der Waals surface area (Å²) in [7, 11) is 3.27. The number of carbonyl (C=O) groups is 2. The Labute approximate surface area is 369 Å². The molecule has 0 radical (unpaired) electrons. The molecule has 2 amide bonds. The number of aromatic nitrogens is 4. The summed E-state index contributed by atoms with van der Waals surface area (Å²) in [4.78, 5) is 45.0. The zero-order valence-electron chi connectivity index (χ0n) is 34.9. The minimum atomic E-state index is -0.435. The quantitative estimate of drug-likeness (QED) is 0.0785. The van der Waals surface area contributed by atoms with E-state index >= 15 is 0 Å². The van der Waals surface area contributed by atoms with E-state index in [0.29, 0.717) is 46.0 Å². The molecule has 4 heterocycles. The molecule has 0 saturated carbocycles. The number of H-pyrrole nitrogens is 1. The molecule has 2 aliphatic heterocycles. The Bertz CT molecular complexity index is 2750. The lowest BCUT2D eigenvalue weighted by Gasteiger charge is -2.18. The number of benzene rings is 4. The van der Waals surface area contributed by atoms with Gasteiger partial charge < -0.3 is 25.1 Å². The lowest BCUT2D eigenvalue weighted by molar-refractivity contribution is -0.125. The summed E-state index contributed by atoms with van der Waals surface area (Å²) in [5, 5.41) is 15.9. The summed E-state index contributed by atoms with van der Waals surface area (Å²) in [5.74, 6) is 2.13. The van der Waals surface area contributed by atoms with Gasteiger partial charge in [-0.2, -0.15) is 0 Å². The van der Waals surface area contributed by atoms with E-state index in [9.17, 15) is 9.59 Å². The number of ether oxygens (including phenoxy) is 2. The largest absolute Gasteiger partial charge is 0.497 e. The SMILES string of the molecule is COc1ccc2c(c1)C(c1ccc(Cl)cc1)N=C(CC(=O)NCC(=O)NCCN=C(C)CC1N=C(c3ccc(Cl)cc3)c3ccc(OC)cc3-n3c(C)nnc31)c1[nH]cc(C)c1-2. The van der Waals surface area contributed by atoms with Crippen LogP contribution in [-0.4, -0.2) is 82.6 Å². The Morgan fingerprint density at radius 2 is 1.53 bits per heavy atom. The van der Waals surface area contributed by atoms with Crippen LogP contribution in [0.2, 0.25) is 10.0 Å². The standard InChI is InChI=1S/C47H45Cl2N9O4/c1-26-24-53-46-38(54-45(30-8-12-32(49)13-9-30)37-21-33(61-4)14-16-35(37)43(26)46)23-41(59)52-25-42(60)51-19-18-50-27(2)20-39-47-57-56-28(3)58(47)40-22-34(62-5)15-17-36(40)44(55-39)29-6-10-31(48)11-7-29/h6-17,21-22,24,39,45,53H,18-20,23,25H2,1-5H3,(H,51,60)(H,52,59). The van der Waals surface area contributed by atoms with Crippen molar-refractivity contribution in [2.24, 2.45) is 15.0 Å². The molecule has 6 aromatic rings. The topological polar surface area (TPSA) is 160 Å². The molecule has 4 aromatic carbocycles. The van der Waals surface area contributed by atoms with Gasteiger partial charge in [0.15, 0.2) is 5.82 Å². The molecule has 0 bridgehead atoms. The molecule has 316 valence electrons. The number of carbonyl (C=O) groups excluding carboxylic acids is 2. The smallest absolute Gasteiger partial charge is 0.239 e. The highest BCUT2D eigenvalue weighted by Crippen LogP contribution is 2.43. The van der Waals surface area contributed by atoms with Gasteiger partial charge in [-0.15, -0.1) is 10.2 Å². The number of rotatable bonds is 13. The van der Waals surface area contributed by atoms with E-state index < -0.39 is 12.1 Å². The molecule has 2 atom stereocenters. The molecule has 13 nitrogen and oxygen atoms in total. The van der Waals surface area contributed by atoms with E-state index in [1.165, 1.54) is 0 Å². The molecule has 2 aromatic heterocycles. The molecule has 3 N–H and O–H groups in total. The molecule has 8 rings (SSSR count). The summed E-state index contributed by atoms with van der Waals surface area (Å²) in [6, 6.07) is 26.1. The number of nitrogens with one attached hydrogen (secondary N) is 3. The fourth-order valence-electron chi connectivity index (χ4n) is 7.96. The summed E-state index contributed by atoms with van der Waals surface area (Å²) >= 11 is 12.5. The number of fused-ring (bicyclic) bond motifs is 6. The number of hydrogen-bond acceptors (Lipinski definition) is 9. The Morgan fingerprint density at radius 3 is 2.26 bits per heavy atom. The highest BCUT2D eigenvalue weighted by Gasteiger charge is 2.31. The highest BCUT2D eigenvalue weighted by atomic mass is 35.5. The molecule has 2 aliphatic rings. The second kappa shape index (κ2) is 18.2. The van der Waals surface area contributed by atoms with E-state index in [2.05, 4.69) is 25.8 Å². The molecule has 0 spiro atoms. The van der Waals surface area contributed by atoms with Gasteiger partial charge in [-0.05, 0) is 91.6 Å². The van der Waals surface area contributed by atoms with Crippen molar-refractivity contribution in [2.45, 2.75) is 45.7 Å². The van der Waals surface area contributed by atoms with Crippen LogP contribution in [0.25, 0.3) is 16.8 Å². The van der Waals surface area contributed by atoms with Crippen molar-refractivity contribution in [3.63, 3.8) is 0 Å². The van der Waals surface area contributed by atoms with Gasteiger partial charge in [-0.25, -0.2) is 0 Å². The third-order valence-corrected chi connectivity index (χ3v) is 11.5. The van der Waals surface area contributed by atoms with Crippen LogP contribution < -0.4 is 20.1 Å². The monoisotopic (exact) mass is 869 g/mol. The third kappa shape index (κ3) is 8.77. The molecule has 62 heavy (non-hydrogen) atoms. The fourth-order valence-corrected chi connectivity index (χ4v) is 8.21. The van der Waals surface area contributed by atoms with Crippen LogP contribution in [0.5, 0.6) is 11.5 Å². The molecule has 0 fully saturated rings. The number of methoxy groups -OCH3 is 2. The van der Waals surface area contributed by atoms with Gasteiger partial charge in [-0.3, -0.25) is 29.1 Å². The maximum atomic E-state index is 13.5. The zero-order valence-corrected chi connectivity index (χ0v) is 36.4. The summed E-state index contributed by atoms with van der Waals surface area (Å²) in [6.45, 7) is 6.28. The normalized spacial score (nSPS) is 15.4. The molecule has 15 heteroatoms. The van der Waals surface area contributed by atoms with E-state index in [-0.39, 0.29) is 31.3 Å². The first-order chi connectivity index (χ1) is 30.0. The van der Waals surface area contributed by atoms with Crippen molar-refractivity contribution in [3.8, 4) is 28.3 Å². The first kappa shape index (κ1) is 42.1. The highest BCUT2D eigenvalue weighted by molar-refractivity contribution is 6.31. The molecule has 2 unspecified atom stereocenters. The second-order valence-electron chi connectivity index (χ2n) is 15.2. The Balaban J connectivity index is 0.924. The van der Waals surface area contributed by atoms with Gasteiger partial charge >= 0.3 is 0 Å². The van der Waals surface area contributed by atoms with Crippen LogP contribution in [0.1, 0.15) is 77.0 Å². The predicted octanol–water partition coefficient (Wildman–Crippen LogP) is 8.16. The summed E-state index contributed by atoms with van der Waals surface area (Å²) < 4.78 is 13.2. The van der Waals surface area contributed by atoms with Crippen molar-refractivity contribution in [3.05, 3.63) is 146 Å². The number of aromatic amines is 1. The van der Waals surface area contributed by atoms with E-state index in [0.717, 1.165) is 67.6 Å². The van der Waals surface area contributed by atoms with Gasteiger partial charge in [-0.1, -0.05) is 53.5 Å². The number of nitrogens with zero attached hydrogens (tertiary/aromatic N) is 6. The van der Waals surface area contributed by atoms with Crippen molar-refractivity contribution in [1.82, 2.24) is 30.4 Å². The first-order valence-corrected chi connectivity index (χ1v) is 20.9. The molecular weight excluding hydrogens is 825 g/mol. The Hall–Kier alpha value is -6.57. The van der Waals surface area contributed by atoms with Gasteiger partial charge in [0.1, 0.15) is 29.4 Å². The molecule has 0 aliphatic carbocycles. The van der Waals surface area contributed by atoms with Crippen LogP contribution in [-0.2, 0) is 9.59 Å². The van der Waals surface area contributed by atoms with Crippen LogP contribution >= 0.6 is 23.2 Å². The number of amides is 2. The summed E-state index contributed by atoms with van der Waals surface area (Å²) in [6.07, 6.45) is 2.33. The van der Waals surface area contributed by atoms with E-state index in [1.807, 2.05) is 116 Å². The van der Waals surface area contributed by atoms with Crippen LogP contribution in [0.15, 0.2) is 106 Å². The van der Waals surface area contributed by atoms with Crippen molar-refractivity contribution in [2.75, 3.05) is 33.9 Å². The molecular formula is C47H45Cl2N9O4. The van der Waals surface area contributed by atoms with Crippen LogP contribution in [0.3, 0.4) is 0 Å². The van der Waals surface area contributed by atoms with Crippen molar-refractivity contribution >= 4 is 52.2 Å². The van der Waals surface area contributed by atoms with Gasteiger partial charge in [0, 0.05) is 57.7 Å². The minimum absolute atomic E-state index is 0.0474. The van der Waals surface area contributed by atoms with Crippen LogP contribution in [0, 0.1) is 13.8 Å². The lowest BCUT2D eigenvalue weighted by Crippen LogP contribution is -2.38. The Morgan fingerprint density at radius 1 is 0.839 bits per heavy atom. The average Bonchev–Trinajstić information content (AvgIpc) is 3.78. The second-order valence-corrected chi connectivity index (χ2v) is 16.0. The minimum Gasteiger partial charge on any atom is -0.497 e. The van der Waals surface area contributed by atoms with Crippen LogP contribution in [0.4, 0.5) is 0 Å². The number of aliphatic imine (C=N–C) groups is 3. The van der Waals surface area contributed by atoms with Gasteiger partial charge in [0.2, 0.25) is 11.8 Å². The number of hydrogen-bond donors (Lipinski definition) is 3. The van der Waals surface area contributed by atoms with Gasteiger partial charge in [0.25, 0.3) is 0 Å². The van der Waals surface area contributed by atoms with E-state index in [1.54, 1.807) is 14.2 Å². The number of halogens is 2. The van der Waals surface area contributed by atoms with Crippen molar-refractivity contribution in [1.29, 1.82) is 0 Å². The predicted molar refractivity (Wildman–Crippen MR) is 243 cm³/mol. The number of aryl methyl sites for hydroxylation is 2. The van der Waals surface area contributed by atoms with Gasteiger partial charge in [0.05, 0.1) is 56.5 Å². The molecule has 0 saturated heterocycles. The maximum Gasteiger partial charge on any atom is 0.239 e. The van der Waals surface area contributed by atoms with E-state index in [4.69, 9.17) is 47.7 Å².